The molecule has 0 unspecified atom stereocenters. The van der Waals surface area contributed by atoms with E-state index in [1.54, 1.807) is 37.3 Å². The minimum atomic E-state index is -0.103. The van der Waals surface area contributed by atoms with E-state index >= 15 is 0 Å². The zero-order valence-corrected chi connectivity index (χ0v) is 50.1. The van der Waals surface area contributed by atoms with Crippen LogP contribution in [0.4, 0.5) is 5.82 Å². The van der Waals surface area contributed by atoms with Crippen molar-refractivity contribution in [2.24, 2.45) is 4.99 Å². The number of methoxy groups -OCH3 is 2. The summed E-state index contributed by atoms with van der Waals surface area (Å²) in [5.74, 6) is 5.82. The smallest absolute Gasteiger partial charge is 0.298 e. The molecule has 451 valence electrons. The predicted octanol–water partition coefficient (Wildman–Crippen LogP) is 7.73. The van der Waals surface area contributed by atoms with E-state index in [1.165, 1.54) is 19.3 Å². The molecule has 3 N–H and O–H groups in total. The van der Waals surface area contributed by atoms with Crippen molar-refractivity contribution in [2.45, 2.75) is 67.7 Å². The van der Waals surface area contributed by atoms with Crippen LogP contribution in [0.25, 0.3) is 73.3 Å². The quantitative estimate of drug-likeness (QED) is 0.103. The second-order valence-electron chi connectivity index (χ2n) is 20.2. The molecule has 23 nitrogen and oxygen atoms in total. The van der Waals surface area contributed by atoms with Crippen molar-refractivity contribution in [1.82, 2.24) is 35.1 Å². The SMILES string of the molecule is C1CCOCC1.C=c1nc(-c2ccc(OC=O)c3c2OCCO3)c2c([nH+]1)N=c1cc(-c3c(C)noc3C)c(OC)cc1=2.CC.COc1cc2c(cc1-c1c(C)noc1C)[nH]c1nc(C)nc(-c3ccc(C(=O)N4CCOCC4)c4c3OCCO4)c12.[3H][B]O. The first-order valence-corrected chi connectivity index (χ1v) is 28.6. The van der Waals surface area contributed by atoms with E-state index in [-0.39, 0.29) is 19.7 Å². The van der Waals surface area contributed by atoms with Crippen LogP contribution in [0.3, 0.4) is 0 Å². The van der Waals surface area contributed by atoms with Crippen molar-refractivity contribution in [2.75, 3.05) is 80.2 Å². The van der Waals surface area contributed by atoms with Crippen LogP contribution in [0.5, 0.6) is 40.2 Å². The molecule has 4 aromatic carbocycles. The minimum absolute atomic E-state index is 0.103. The topological polar surface area (TPSA) is 274 Å². The van der Waals surface area contributed by atoms with E-state index < -0.39 is 0 Å². The summed E-state index contributed by atoms with van der Waals surface area (Å²) in [6.45, 7) is 23.3. The Bertz CT molecular complexity index is 4250. The number of nitrogens with one attached hydrogen (secondary N) is 2. The normalized spacial score (nSPS) is 14.4. The van der Waals surface area contributed by atoms with Gasteiger partial charge in [0.2, 0.25) is 5.75 Å². The lowest BCUT2D eigenvalue weighted by atomic mass is 9.98. The Balaban J connectivity index is 0.000000167. The zero-order valence-electron chi connectivity index (χ0n) is 51.1. The third-order valence-electron chi connectivity index (χ3n) is 14.9. The number of aryl methyl sites for hydroxylation is 5. The van der Waals surface area contributed by atoms with Crippen molar-refractivity contribution in [3.8, 4) is 85.0 Å². The second kappa shape index (κ2) is 26.9. The third-order valence-corrected chi connectivity index (χ3v) is 14.9. The molecular formula is C63H68BN9O14+. The lowest BCUT2D eigenvalue weighted by Crippen LogP contribution is -2.41. The molecule has 0 bridgehead atoms. The molecule has 14 rings (SSSR count). The highest BCUT2D eigenvalue weighted by molar-refractivity contribution is 6.14. The molecule has 9 aromatic rings. The molecule has 0 saturated carbocycles. The van der Waals surface area contributed by atoms with Gasteiger partial charge in [0.05, 0.1) is 72.2 Å². The van der Waals surface area contributed by atoms with Gasteiger partial charge in [0.25, 0.3) is 31.7 Å². The summed E-state index contributed by atoms with van der Waals surface area (Å²) >= 11 is 0. The van der Waals surface area contributed by atoms with E-state index in [0.717, 1.165) is 84.5 Å². The van der Waals surface area contributed by atoms with Gasteiger partial charge in [-0.1, -0.05) is 24.2 Å². The van der Waals surface area contributed by atoms with Crippen LogP contribution >= 0.6 is 0 Å². The van der Waals surface area contributed by atoms with E-state index in [1.807, 2.05) is 78.8 Å². The molecule has 0 atom stereocenters. The molecular weight excluding hydrogens is 1120 g/mol. The summed E-state index contributed by atoms with van der Waals surface area (Å²) in [6.07, 6.45) is 3.93. The van der Waals surface area contributed by atoms with Crippen LogP contribution in [0.1, 0.15) is 72.2 Å². The maximum absolute atomic E-state index is 13.4. The molecule has 5 aliphatic rings. The van der Waals surface area contributed by atoms with E-state index in [9.17, 15) is 9.59 Å². The first kappa shape index (κ1) is 59.3. The number of benzene rings is 4. The average Bonchev–Trinajstić information content (AvgIpc) is 1.55. The van der Waals surface area contributed by atoms with Crippen molar-refractivity contribution in [1.29, 1.82) is 1.34 Å². The number of H-pyrrole nitrogens is 2. The standard InChI is InChI=1S/C30H29N5O6.C26H20N4O6.C5H10O.C2H6.BH2O/c1-15-24(16(2)41-34-15)21-13-22-20(14-23(21)37-4)25-26(31-17(3)32-29(25)33-22)18-5-6-19(28-27(18)39-11-12-40-28)30(36)35-7-9-38-10-8-35;1-12-21(13(2)36-30-12)17-9-18-16(10-20(17)32-4)22-23(27-14(3)28-26(22)29-18)15-5-6-19(35-11-31)25-24(15)33-7-8-34-25;1-2-4-6-5-3-1;2*1-2/h5-6,13-14H,7-12H2,1-4H3,(H,31,32,33);5-6,9-11H,3,7-8H2,1-2,4H3;1-5H2;1-2H3;1-2H/p+1/i;;;;1T. The zero-order chi connectivity index (χ0) is 62.2. The lowest BCUT2D eigenvalue weighted by Gasteiger charge is -2.29. The maximum Gasteiger partial charge on any atom is 0.298 e. The fraction of sp³-hybridized carbons (Fsp3) is 0.349. The number of carbonyl (C=O) groups is 2. The Morgan fingerprint density at radius 1 is 0.713 bits per heavy atom. The summed E-state index contributed by atoms with van der Waals surface area (Å²) in [4.78, 5) is 52.0. The number of hydrogen-bond acceptors (Lipinski definition) is 20. The average molecular weight is 1190 g/mol. The number of hydrogen-bond donors (Lipinski definition) is 2. The monoisotopic (exact) mass is 1190 g/mol. The summed E-state index contributed by atoms with van der Waals surface area (Å²) < 4.78 is 67.6. The summed E-state index contributed by atoms with van der Waals surface area (Å²) in [5, 5.41) is 19.4. The van der Waals surface area contributed by atoms with E-state index in [4.69, 9.17) is 78.0 Å². The Morgan fingerprint density at radius 3 is 1.90 bits per heavy atom. The molecule has 0 aliphatic carbocycles. The molecule has 1 radical (unpaired) electrons. The van der Waals surface area contributed by atoms with Crippen LogP contribution in [0.15, 0.2) is 62.6 Å². The van der Waals surface area contributed by atoms with Crippen molar-refractivity contribution >= 4 is 54.7 Å². The second-order valence-corrected chi connectivity index (χ2v) is 20.2. The highest BCUT2D eigenvalue weighted by Crippen LogP contribution is 2.49. The Labute approximate surface area is 502 Å². The number of morpholine rings is 1. The van der Waals surface area contributed by atoms with Gasteiger partial charge in [-0.05, 0) is 109 Å². The van der Waals surface area contributed by atoms with Gasteiger partial charge in [-0.2, -0.15) is 0 Å². The summed E-state index contributed by atoms with van der Waals surface area (Å²) in [5.41, 5.74) is 10.1. The number of carbonyl (C=O) groups excluding carboxylic acids is 2. The fourth-order valence-corrected chi connectivity index (χ4v) is 11.2. The lowest BCUT2D eigenvalue weighted by molar-refractivity contribution is -0.385. The minimum Gasteiger partial charge on any atom is -0.496 e. The highest BCUT2D eigenvalue weighted by atomic mass is 16.6. The van der Waals surface area contributed by atoms with Crippen LogP contribution in [-0.4, -0.2) is 142 Å². The van der Waals surface area contributed by atoms with Crippen molar-refractivity contribution in [3.63, 3.8) is 0 Å². The number of fused-ring (bicyclic) bond motifs is 7. The van der Waals surface area contributed by atoms with Gasteiger partial charge in [-0.3, -0.25) is 9.59 Å². The first-order chi connectivity index (χ1) is 42.8. The molecule has 2 fully saturated rings. The largest absolute Gasteiger partial charge is 0.496 e. The Kier molecular flexibility index (Phi) is 18.3. The molecule has 24 heteroatoms. The van der Waals surface area contributed by atoms with Gasteiger partial charge >= 0.3 is 0 Å². The van der Waals surface area contributed by atoms with Gasteiger partial charge in [-0.15, -0.1) is 9.98 Å². The van der Waals surface area contributed by atoms with Gasteiger partial charge in [-0.25, -0.2) is 15.0 Å². The van der Waals surface area contributed by atoms with Crippen LogP contribution in [0, 0.1) is 45.1 Å². The van der Waals surface area contributed by atoms with E-state index in [2.05, 4.69) is 26.9 Å². The number of ether oxygens (including phenoxy) is 9. The number of aromatic amines is 2. The number of aromatic nitrogens is 7. The molecule has 10 heterocycles. The molecule has 5 aromatic heterocycles. The molecule has 1 amide bonds. The Hall–Kier alpha value is -9.39. The number of amides is 1. The molecule has 2 saturated heterocycles. The maximum atomic E-state index is 13.4. The van der Waals surface area contributed by atoms with E-state index in [0.29, 0.717) is 151 Å². The van der Waals surface area contributed by atoms with Crippen LogP contribution in [0.2, 0.25) is 0 Å². The number of nitrogens with zero attached hydrogens (tertiary/aromatic N) is 7. The van der Waals surface area contributed by atoms with Gasteiger partial charge in [0.1, 0.15) is 71.5 Å². The highest BCUT2D eigenvalue weighted by Gasteiger charge is 2.32. The van der Waals surface area contributed by atoms with Crippen LogP contribution in [-0.2, 0) is 14.3 Å². The molecule has 87 heavy (non-hydrogen) atoms. The fourth-order valence-electron chi connectivity index (χ4n) is 11.2. The van der Waals surface area contributed by atoms with Crippen molar-refractivity contribution in [3.05, 3.63) is 104 Å². The summed E-state index contributed by atoms with van der Waals surface area (Å²) in [7, 11) is 3.51. The molecule has 0 spiro atoms. The van der Waals surface area contributed by atoms with Crippen molar-refractivity contribution < 1.29 is 71.3 Å². The summed E-state index contributed by atoms with van der Waals surface area (Å²) in [6, 6.07) is 15.0. The van der Waals surface area contributed by atoms with Gasteiger partial charge in [0, 0.05) is 60.5 Å². The number of rotatable bonds is 9. The molecule has 5 aliphatic heterocycles. The first-order valence-electron chi connectivity index (χ1n) is 29.2. The third kappa shape index (κ3) is 11.9. The van der Waals surface area contributed by atoms with Gasteiger partial charge < -0.3 is 66.6 Å². The predicted molar refractivity (Wildman–Crippen MR) is 322 cm³/mol. The van der Waals surface area contributed by atoms with Crippen LogP contribution < -0.4 is 49.0 Å². The Morgan fingerprint density at radius 2 is 1.30 bits per heavy atom. The van der Waals surface area contributed by atoms with Gasteiger partial charge in [0.15, 0.2) is 28.7 Å².